The Bertz CT molecular complexity index is 865. The number of phenols is 1. The first-order valence-electron chi connectivity index (χ1n) is 6.15. The first-order chi connectivity index (χ1) is 10.5. The second-order valence-electron chi connectivity index (χ2n) is 4.41. The lowest BCUT2D eigenvalue weighted by atomic mass is 10.2. The standard InChI is InChI=1S/C12H10N6O3S/c13-12-16-10-9(14-5-15-10)11(17-12)22-4-6-3-7(18(20)21)1-2-8(6)19/h1-3,5,19H,4H2,(H3,13,14,15,16,17)/p+1. The van der Waals surface area contributed by atoms with E-state index in [0.29, 0.717) is 27.5 Å². The normalized spacial score (nSPS) is 10.9. The summed E-state index contributed by atoms with van der Waals surface area (Å²) in [5, 5.41) is 21.3. The van der Waals surface area contributed by atoms with Crippen LogP contribution in [0.4, 0.5) is 11.6 Å². The van der Waals surface area contributed by atoms with Gasteiger partial charge in [-0.3, -0.25) is 15.8 Å². The molecule has 0 bridgehead atoms. The zero-order valence-electron chi connectivity index (χ0n) is 11.1. The monoisotopic (exact) mass is 319 g/mol. The van der Waals surface area contributed by atoms with Crippen molar-refractivity contribution in [3.63, 3.8) is 0 Å². The molecule has 2 heterocycles. The average molecular weight is 319 g/mol. The molecule has 3 aromatic rings. The third kappa shape index (κ3) is 2.63. The topological polar surface area (TPSA) is 145 Å². The number of benzene rings is 1. The Hall–Kier alpha value is -2.88. The molecule has 0 saturated carbocycles. The maximum Gasteiger partial charge on any atom is 0.390 e. The molecule has 22 heavy (non-hydrogen) atoms. The van der Waals surface area contributed by atoms with Gasteiger partial charge in [0, 0.05) is 23.4 Å². The number of nitrogens with one attached hydrogen (secondary N) is 2. The number of nitro groups is 1. The van der Waals surface area contributed by atoms with Crippen LogP contribution in [0, 0.1) is 10.1 Å². The van der Waals surface area contributed by atoms with E-state index >= 15 is 0 Å². The highest BCUT2D eigenvalue weighted by Crippen LogP contribution is 2.30. The van der Waals surface area contributed by atoms with Crippen LogP contribution in [0.5, 0.6) is 5.75 Å². The number of fused-ring (bicyclic) bond motifs is 1. The highest BCUT2D eigenvalue weighted by molar-refractivity contribution is 7.98. The molecule has 0 aliphatic heterocycles. The van der Waals surface area contributed by atoms with Gasteiger partial charge in [0.05, 0.1) is 11.3 Å². The summed E-state index contributed by atoms with van der Waals surface area (Å²) in [5.74, 6) is 0.535. The fraction of sp³-hybridized carbons (Fsp3) is 0.0833. The van der Waals surface area contributed by atoms with Crippen LogP contribution in [0.3, 0.4) is 0 Å². The van der Waals surface area contributed by atoms with Crippen LogP contribution in [0.2, 0.25) is 0 Å². The number of H-pyrrole nitrogens is 2. The molecule has 0 aliphatic rings. The number of anilines is 1. The van der Waals surface area contributed by atoms with Crippen molar-refractivity contribution in [2.75, 3.05) is 5.73 Å². The number of aromatic hydroxyl groups is 1. The summed E-state index contributed by atoms with van der Waals surface area (Å²) in [5.41, 5.74) is 7.22. The number of phenolic OH excluding ortho intramolecular Hbond substituents is 1. The van der Waals surface area contributed by atoms with Gasteiger partial charge < -0.3 is 10.1 Å². The quantitative estimate of drug-likeness (QED) is 0.284. The van der Waals surface area contributed by atoms with Gasteiger partial charge >= 0.3 is 5.95 Å². The number of aromatic amines is 2. The number of nitrogens with two attached hydrogens (primary N) is 1. The minimum absolute atomic E-state index is 0.000910. The van der Waals surface area contributed by atoms with Crippen LogP contribution in [0.25, 0.3) is 11.2 Å². The zero-order valence-corrected chi connectivity index (χ0v) is 11.9. The van der Waals surface area contributed by atoms with Crippen molar-refractivity contribution in [1.82, 2.24) is 15.0 Å². The van der Waals surface area contributed by atoms with E-state index in [0.717, 1.165) is 0 Å². The van der Waals surface area contributed by atoms with Crippen molar-refractivity contribution >= 4 is 34.6 Å². The van der Waals surface area contributed by atoms with Crippen LogP contribution in [0.1, 0.15) is 5.56 Å². The summed E-state index contributed by atoms with van der Waals surface area (Å²) < 4.78 is 0. The molecule has 2 aromatic heterocycles. The molecular weight excluding hydrogens is 308 g/mol. The molecule has 3 rings (SSSR count). The van der Waals surface area contributed by atoms with E-state index in [9.17, 15) is 15.2 Å². The third-order valence-corrected chi connectivity index (χ3v) is 4.01. The Morgan fingerprint density at radius 2 is 2.32 bits per heavy atom. The molecule has 1 aromatic carbocycles. The molecule has 112 valence electrons. The van der Waals surface area contributed by atoms with Gasteiger partial charge in [-0.2, -0.15) is 0 Å². The fourth-order valence-corrected chi connectivity index (χ4v) is 2.92. The van der Waals surface area contributed by atoms with Gasteiger partial charge in [-0.05, 0) is 11.1 Å². The molecule has 0 spiro atoms. The molecule has 0 fully saturated rings. The van der Waals surface area contributed by atoms with E-state index in [1.165, 1.54) is 36.3 Å². The lowest BCUT2D eigenvalue weighted by Gasteiger charge is -2.04. The number of nitrogens with zero attached hydrogens (tertiary/aromatic N) is 3. The minimum atomic E-state index is -0.503. The summed E-state index contributed by atoms with van der Waals surface area (Å²) in [4.78, 5) is 24.2. The van der Waals surface area contributed by atoms with Crippen molar-refractivity contribution < 1.29 is 15.0 Å². The highest BCUT2D eigenvalue weighted by atomic mass is 32.2. The SMILES string of the molecule is Nc1nc2nc[nH]c2c(SCc2cc([N+](=O)[O-])ccc2O)[nH+]1. The molecular formula is C12H11N6O3S+. The number of aromatic nitrogens is 4. The summed E-state index contributed by atoms with van der Waals surface area (Å²) in [6, 6.07) is 3.91. The lowest BCUT2D eigenvalue weighted by molar-refractivity contribution is -0.410. The van der Waals surface area contributed by atoms with Crippen molar-refractivity contribution in [3.8, 4) is 5.75 Å². The molecule has 0 aliphatic carbocycles. The number of hydrogen-bond acceptors (Lipinski definition) is 7. The molecule has 5 N–H and O–H groups in total. The van der Waals surface area contributed by atoms with Gasteiger partial charge in [0.15, 0.2) is 5.03 Å². The number of thioether (sulfide) groups is 1. The summed E-state index contributed by atoms with van der Waals surface area (Å²) in [7, 11) is 0. The largest absolute Gasteiger partial charge is 0.508 e. The second-order valence-corrected chi connectivity index (χ2v) is 5.40. The predicted octanol–water partition coefficient (Wildman–Crippen LogP) is 1.26. The van der Waals surface area contributed by atoms with E-state index in [4.69, 9.17) is 5.73 Å². The molecule has 10 heteroatoms. The Morgan fingerprint density at radius 3 is 3.09 bits per heavy atom. The zero-order chi connectivity index (χ0) is 15.7. The lowest BCUT2D eigenvalue weighted by Crippen LogP contribution is -2.15. The van der Waals surface area contributed by atoms with Crippen LogP contribution >= 0.6 is 11.8 Å². The maximum absolute atomic E-state index is 10.8. The van der Waals surface area contributed by atoms with Crippen LogP contribution in [-0.4, -0.2) is 25.0 Å². The molecule has 0 radical (unpaired) electrons. The minimum Gasteiger partial charge on any atom is -0.508 e. The van der Waals surface area contributed by atoms with Gasteiger partial charge in [0.25, 0.3) is 11.3 Å². The van der Waals surface area contributed by atoms with Gasteiger partial charge in [0.1, 0.15) is 11.3 Å². The van der Waals surface area contributed by atoms with Crippen molar-refractivity contribution in [3.05, 3.63) is 40.2 Å². The number of rotatable bonds is 4. The molecule has 0 atom stereocenters. The average Bonchev–Trinajstić information content (AvgIpc) is 2.94. The first-order valence-corrected chi connectivity index (χ1v) is 7.14. The number of imidazole rings is 1. The predicted molar refractivity (Wildman–Crippen MR) is 79.2 cm³/mol. The van der Waals surface area contributed by atoms with Crippen LogP contribution < -0.4 is 10.7 Å². The van der Waals surface area contributed by atoms with Crippen LogP contribution in [0.15, 0.2) is 29.6 Å². The van der Waals surface area contributed by atoms with E-state index in [1.54, 1.807) is 0 Å². The van der Waals surface area contributed by atoms with E-state index in [2.05, 4.69) is 19.9 Å². The first kappa shape index (κ1) is 14.1. The van der Waals surface area contributed by atoms with Crippen molar-refractivity contribution in [2.45, 2.75) is 10.8 Å². The van der Waals surface area contributed by atoms with Crippen molar-refractivity contribution in [2.24, 2.45) is 0 Å². The van der Waals surface area contributed by atoms with Gasteiger partial charge in [-0.1, -0.05) is 11.8 Å². The summed E-state index contributed by atoms with van der Waals surface area (Å²) in [6.07, 6.45) is 1.50. The van der Waals surface area contributed by atoms with E-state index < -0.39 is 4.92 Å². The van der Waals surface area contributed by atoms with Gasteiger partial charge in [-0.15, -0.1) is 0 Å². The number of nitro benzene ring substituents is 1. The van der Waals surface area contributed by atoms with E-state index in [1.807, 2.05) is 0 Å². The van der Waals surface area contributed by atoms with E-state index in [-0.39, 0.29) is 17.4 Å². The molecule has 0 unspecified atom stereocenters. The van der Waals surface area contributed by atoms with Crippen molar-refractivity contribution in [1.29, 1.82) is 0 Å². The highest BCUT2D eigenvalue weighted by Gasteiger charge is 2.16. The maximum atomic E-state index is 10.8. The van der Waals surface area contributed by atoms with Crippen LogP contribution in [-0.2, 0) is 5.75 Å². The number of hydrogen-bond donors (Lipinski definition) is 3. The fourth-order valence-electron chi connectivity index (χ4n) is 1.92. The molecule has 0 saturated heterocycles. The summed E-state index contributed by atoms with van der Waals surface area (Å²) >= 11 is 1.33. The van der Waals surface area contributed by atoms with Gasteiger partial charge in [-0.25, -0.2) is 9.97 Å². The Morgan fingerprint density at radius 1 is 1.50 bits per heavy atom. The number of non-ortho nitro benzene ring substituents is 1. The third-order valence-electron chi connectivity index (χ3n) is 2.96. The van der Waals surface area contributed by atoms with Gasteiger partial charge in [0.2, 0.25) is 0 Å². The number of nitrogen functional groups attached to an aromatic ring is 1. The molecule has 0 amide bonds. The molecule has 9 nitrogen and oxygen atoms in total. The second kappa shape index (κ2) is 5.48. The Labute approximate surface area is 127 Å². The Balaban J connectivity index is 1.89. The smallest absolute Gasteiger partial charge is 0.390 e. The Kier molecular flexibility index (Phi) is 3.51. The summed E-state index contributed by atoms with van der Waals surface area (Å²) in [6.45, 7) is 0.